The molecule has 0 atom stereocenters. The van der Waals surface area contributed by atoms with Crippen molar-refractivity contribution in [1.29, 1.82) is 0 Å². The number of carbonyl (C=O) groups excluding carboxylic acids is 1. The molecule has 1 aliphatic heterocycles. The molecule has 0 unspecified atom stereocenters. The molecular weight excluding hydrogens is 345 g/mol. The fourth-order valence-electron chi connectivity index (χ4n) is 2.42. The van der Waals surface area contributed by atoms with Crippen molar-refractivity contribution < 1.29 is 4.79 Å². The average molecular weight is 369 g/mol. The van der Waals surface area contributed by atoms with E-state index in [1.54, 1.807) is 18.2 Å². The fourth-order valence-corrected chi connectivity index (χ4v) is 2.70. The van der Waals surface area contributed by atoms with Crippen LogP contribution in [0.4, 0.5) is 5.69 Å². The smallest absolute Gasteiger partial charge is 0.252 e. The van der Waals surface area contributed by atoms with Crippen molar-refractivity contribution in [2.45, 2.75) is 19.8 Å². The molecule has 1 saturated heterocycles. The van der Waals surface area contributed by atoms with Crippen LogP contribution in [0, 0.1) is 5.92 Å². The van der Waals surface area contributed by atoms with Crippen molar-refractivity contribution in [3.05, 3.63) is 28.8 Å². The van der Waals surface area contributed by atoms with Gasteiger partial charge >= 0.3 is 0 Å². The maximum atomic E-state index is 12.0. The molecule has 126 valence electrons. The standard InChI is InChI=1S/C15H22ClN3O.2ClH/c1-11-4-7-19(8-5-11)9-6-18-15(20)13-3-2-12(17)10-14(13)16;;/h2-3,10-11H,4-9,17H2,1H3,(H,18,20);2*1H. The van der Waals surface area contributed by atoms with Gasteiger partial charge in [0, 0.05) is 18.8 Å². The molecule has 0 aliphatic carbocycles. The van der Waals surface area contributed by atoms with E-state index in [-0.39, 0.29) is 30.7 Å². The third-order valence-electron chi connectivity index (χ3n) is 3.83. The van der Waals surface area contributed by atoms with Gasteiger partial charge in [-0.25, -0.2) is 0 Å². The van der Waals surface area contributed by atoms with Crippen LogP contribution < -0.4 is 11.1 Å². The van der Waals surface area contributed by atoms with E-state index in [2.05, 4.69) is 17.1 Å². The monoisotopic (exact) mass is 367 g/mol. The van der Waals surface area contributed by atoms with Crippen LogP contribution in [0.5, 0.6) is 0 Å². The number of hydrogen-bond donors (Lipinski definition) is 2. The van der Waals surface area contributed by atoms with Crippen molar-refractivity contribution in [3.63, 3.8) is 0 Å². The van der Waals surface area contributed by atoms with Crippen LogP contribution in [0.2, 0.25) is 5.02 Å². The number of nitrogens with one attached hydrogen (secondary N) is 1. The van der Waals surface area contributed by atoms with Gasteiger partial charge in [0.2, 0.25) is 0 Å². The van der Waals surface area contributed by atoms with E-state index < -0.39 is 0 Å². The second-order valence-electron chi connectivity index (χ2n) is 5.52. The molecule has 1 fully saturated rings. The van der Waals surface area contributed by atoms with E-state index in [9.17, 15) is 4.79 Å². The highest BCUT2D eigenvalue weighted by molar-refractivity contribution is 6.34. The SMILES string of the molecule is CC1CCN(CCNC(=O)c2ccc(N)cc2Cl)CC1.Cl.Cl. The molecule has 0 spiro atoms. The molecular formula is C15H24Cl3N3O. The van der Waals surface area contributed by atoms with Crippen LogP contribution in [0.3, 0.4) is 0 Å². The normalized spacial score (nSPS) is 15.5. The molecule has 0 saturated carbocycles. The Bertz CT molecular complexity index is 477. The van der Waals surface area contributed by atoms with Crippen LogP contribution in [-0.4, -0.2) is 37.0 Å². The van der Waals surface area contributed by atoms with Crippen molar-refractivity contribution in [3.8, 4) is 0 Å². The van der Waals surface area contributed by atoms with Gasteiger partial charge in [-0.1, -0.05) is 18.5 Å². The number of nitrogens with two attached hydrogens (primary N) is 1. The Morgan fingerprint density at radius 1 is 1.36 bits per heavy atom. The van der Waals surface area contributed by atoms with E-state index in [0.29, 0.717) is 22.8 Å². The Labute approximate surface area is 149 Å². The molecule has 2 rings (SSSR count). The first-order valence-electron chi connectivity index (χ1n) is 7.12. The summed E-state index contributed by atoms with van der Waals surface area (Å²) in [5.74, 6) is 0.690. The molecule has 3 N–H and O–H groups in total. The molecule has 1 aliphatic rings. The zero-order valence-electron chi connectivity index (χ0n) is 12.7. The van der Waals surface area contributed by atoms with E-state index >= 15 is 0 Å². The number of amides is 1. The Kier molecular flexibility index (Phi) is 9.85. The predicted molar refractivity (Wildman–Crippen MR) is 97.5 cm³/mol. The van der Waals surface area contributed by atoms with Gasteiger partial charge in [-0.2, -0.15) is 0 Å². The molecule has 0 aromatic heterocycles. The number of anilines is 1. The summed E-state index contributed by atoms with van der Waals surface area (Å²) in [5, 5.41) is 3.31. The Morgan fingerprint density at radius 2 is 2.00 bits per heavy atom. The van der Waals surface area contributed by atoms with Crippen molar-refractivity contribution in [1.82, 2.24) is 10.2 Å². The number of nitrogens with zero attached hydrogens (tertiary/aromatic N) is 1. The summed E-state index contributed by atoms with van der Waals surface area (Å²) in [7, 11) is 0. The summed E-state index contributed by atoms with van der Waals surface area (Å²) < 4.78 is 0. The van der Waals surface area contributed by atoms with Crippen LogP contribution in [0.15, 0.2) is 18.2 Å². The summed E-state index contributed by atoms with van der Waals surface area (Å²) in [4.78, 5) is 14.4. The first-order chi connectivity index (χ1) is 9.56. The number of halogens is 3. The molecule has 1 aromatic carbocycles. The third kappa shape index (κ3) is 6.21. The lowest BCUT2D eigenvalue weighted by Crippen LogP contribution is -2.39. The van der Waals surface area contributed by atoms with E-state index in [4.69, 9.17) is 17.3 Å². The first kappa shape index (κ1) is 21.3. The quantitative estimate of drug-likeness (QED) is 0.802. The summed E-state index contributed by atoms with van der Waals surface area (Å²) in [5.41, 5.74) is 6.66. The van der Waals surface area contributed by atoms with Crippen molar-refractivity contribution in [2.24, 2.45) is 5.92 Å². The van der Waals surface area contributed by atoms with Crippen molar-refractivity contribution >= 4 is 48.0 Å². The van der Waals surface area contributed by atoms with Gasteiger partial charge in [-0.05, 0) is 50.0 Å². The van der Waals surface area contributed by atoms with E-state index in [1.165, 1.54) is 12.8 Å². The van der Waals surface area contributed by atoms with Gasteiger partial charge in [0.15, 0.2) is 0 Å². The van der Waals surface area contributed by atoms with Crippen molar-refractivity contribution in [2.75, 3.05) is 31.9 Å². The van der Waals surface area contributed by atoms with Gasteiger partial charge in [0.1, 0.15) is 0 Å². The molecule has 0 radical (unpaired) electrons. The summed E-state index contributed by atoms with van der Waals surface area (Å²) in [6, 6.07) is 4.95. The summed E-state index contributed by atoms with van der Waals surface area (Å²) >= 11 is 6.02. The average Bonchev–Trinajstić information content (AvgIpc) is 2.41. The molecule has 4 nitrogen and oxygen atoms in total. The highest BCUT2D eigenvalue weighted by Crippen LogP contribution is 2.19. The van der Waals surface area contributed by atoms with Gasteiger partial charge in [-0.3, -0.25) is 4.79 Å². The number of likely N-dealkylation sites (tertiary alicyclic amines) is 1. The second-order valence-corrected chi connectivity index (χ2v) is 5.93. The number of piperidine rings is 1. The highest BCUT2D eigenvalue weighted by atomic mass is 35.5. The first-order valence-corrected chi connectivity index (χ1v) is 7.49. The molecule has 0 bridgehead atoms. The maximum Gasteiger partial charge on any atom is 0.252 e. The van der Waals surface area contributed by atoms with Crippen LogP contribution in [-0.2, 0) is 0 Å². The highest BCUT2D eigenvalue weighted by Gasteiger charge is 2.16. The Morgan fingerprint density at radius 3 is 2.59 bits per heavy atom. The zero-order valence-corrected chi connectivity index (χ0v) is 15.1. The van der Waals surface area contributed by atoms with Gasteiger partial charge in [-0.15, -0.1) is 24.8 Å². The largest absolute Gasteiger partial charge is 0.399 e. The second kappa shape index (κ2) is 10.2. The summed E-state index contributed by atoms with van der Waals surface area (Å²) in [6.45, 7) is 6.08. The predicted octanol–water partition coefficient (Wildman–Crippen LogP) is 3.23. The number of benzene rings is 1. The minimum Gasteiger partial charge on any atom is -0.399 e. The zero-order chi connectivity index (χ0) is 14.5. The maximum absolute atomic E-state index is 12.0. The third-order valence-corrected chi connectivity index (χ3v) is 4.14. The lowest BCUT2D eigenvalue weighted by Gasteiger charge is -2.30. The van der Waals surface area contributed by atoms with Gasteiger partial charge in [0.25, 0.3) is 5.91 Å². The van der Waals surface area contributed by atoms with Crippen LogP contribution >= 0.6 is 36.4 Å². The molecule has 22 heavy (non-hydrogen) atoms. The van der Waals surface area contributed by atoms with Gasteiger partial charge < -0.3 is 16.0 Å². The molecule has 1 aromatic rings. The minimum atomic E-state index is -0.139. The molecule has 7 heteroatoms. The number of nitrogen functional groups attached to an aromatic ring is 1. The lowest BCUT2D eigenvalue weighted by atomic mass is 9.99. The minimum absolute atomic E-state index is 0. The number of carbonyl (C=O) groups is 1. The number of rotatable bonds is 4. The summed E-state index contributed by atoms with van der Waals surface area (Å²) in [6.07, 6.45) is 2.50. The van der Waals surface area contributed by atoms with Crippen LogP contribution in [0.1, 0.15) is 30.1 Å². The Hall–Kier alpha value is -0.680. The van der Waals surface area contributed by atoms with Gasteiger partial charge in [0.05, 0.1) is 10.6 Å². The lowest BCUT2D eigenvalue weighted by molar-refractivity contribution is 0.0944. The van der Waals surface area contributed by atoms with Crippen LogP contribution in [0.25, 0.3) is 0 Å². The Balaban J connectivity index is 0.00000220. The van der Waals surface area contributed by atoms with E-state index in [1.807, 2.05) is 0 Å². The van der Waals surface area contributed by atoms with E-state index in [0.717, 1.165) is 25.6 Å². The molecule has 1 amide bonds. The fraction of sp³-hybridized carbons (Fsp3) is 0.533. The number of hydrogen-bond acceptors (Lipinski definition) is 3. The molecule has 1 heterocycles. The topological polar surface area (TPSA) is 58.4 Å².